The number of para-hydroxylation sites is 1. The van der Waals surface area contributed by atoms with Gasteiger partial charge in [-0.05, 0) is 35.6 Å². The van der Waals surface area contributed by atoms with E-state index in [1.165, 1.54) is 0 Å². The average molecular weight is 373 g/mol. The van der Waals surface area contributed by atoms with E-state index >= 15 is 0 Å². The van der Waals surface area contributed by atoms with E-state index in [9.17, 15) is 4.79 Å². The lowest BCUT2D eigenvalue weighted by molar-refractivity contribution is -0.135. The van der Waals surface area contributed by atoms with Crippen molar-refractivity contribution in [3.63, 3.8) is 0 Å². The summed E-state index contributed by atoms with van der Waals surface area (Å²) in [5.41, 5.74) is 2.87. The fraction of sp³-hybridized carbons (Fsp3) is 0.269. The van der Waals surface area contributed by atoms with E-state index in [-0.39, 0.29) is 12.4 Å². The van der Waals surface area contributed by atoms with Crippen molar-refractivity contribution in [2.75, 3.05) is 0 Å². The zero-order valence-corrected chi connectivity index (χ0v) is 16.7. The SMILES string of the molecule is CCCCc1ccccc1OC(=O)CC(C)(c1ccccc1)c1ccccc1. The lowest BCUT2D eigenvalue weighted by atomic mass is 9.74. The molecule has 0 saturated carbocycles. The summed E-state index contributed by atoms with van der Waals surface area (Å²) in [6, 6.07) is 28.2. The van der Waals surface area contributed by atoms with Crippen LogP contribution in [0.2, 0.25) is 0 Å². The van der Waals surface area contributed by atoms with Crippen LogP contribution in [0.1, 0.15) is 49.8 Å². The fourth-order valence-corrected chi connectivity index (χ4v) is 3.61. The quantitative estimate of drug-likeness (QED) is 0.341. The average Bonchev–Trinajstić information content (AvgIpc) is 2.74. The number of unbranched alkanes of at least 4 members (excludes halogenated alkanes) is 1. The number of carbonyl (C=O) groups is 1. The highest BCUT2D eigenvalue weighted by atomic mass is 16.5. The molecule has 0 heterocycles. The molecule has 0 aliphatic heterocycles. The first-order valence-corrected chi connectivity index (χ1v) is 10.0. The van der Waals surface area contributed by atoms with Crippen molar-refractivity contribution in [3.8, 4) is 5.75 Å². The van der Waals surface area contributed by atoms with Crippen molar-refractivity contribution >= 4 is 5.97 Å². The standard InChI is InChI=1S/C26H28O2/c1-3-4-13-21-14-11-12-19-24(21)28-25(27)20-26(2,22-15-7-5-8-16-22)23-17-9-6-10-18-23/h5-12,14-19H,3-4,13,20H2,1-2H3. The summed E-state index contributed by atoms with van der Waals surface area (Å²) < 4.78 is 5.84. The number of hydrogen-bond acceptors (Lipinski definition) is 2. The van der Waals surface area contributed by atoms with Gasteiger partial charge in [0.2, 0.25) is 0 Å². The van der Waals surface area contributed by atoms with Gasteiger partial charge < -0.3 is 4.74 Å². The Morgan fingerprint density at radius 2 is 1.36 bits per heavy atom. The number of ether oxygens (including phenoxy) is 1. The Balaban J connectivity index is 1.85. The number of hydrogen-bond donors (Lipinski definition) is 0. The number of benzene rings is 3. The molecule has 0 aliphatic carbocycles. The van der Waals surface area contributed by atoms with Gasteiger partial charge in [0.25, 0.3) is 0 Å². The third-order valence-electron chi connectivity index (χ3n) is 5.32. The number of esters is 1. The summed E-state index contributed by atoms with van der Waals surface area (Å²) in [4.78, 5) is 13.0. The third-order valence-corrected chi connectivity index (χ3v) is 5.32. The molecule has 0 fully saturated rings. The van der Waals surface area contributed by atoms with Crippen LogP contribution >= 0.6 is 0 Å². The molecule has 144 valence electrons. The van der Waals surface area contributed by atoms with Gasteiger partial charge in [-0.15, -0.1) is 0 Å². The van der Waals surface area contributed by atoms with Gasteiger partial charge in [-0.2, -0.15) is 0 Å². The molecule has 3 aromatic rings. The van der Waals surface area contributed by atoms with E-state index in [2.05, 4.69) is 38.1 Å². The molecule has 0 aromatic heterocycles. The molecule has 0 radical (unpaired) electrons. The smallest absolute Gasteiger partial charge is 0.312 e. The van der Waals surface area contributed by atoms with Crippen LogP contribution < -0.4 is 4.74 Å². The Hall–Kier alpha value is -2.87. The summed E-state index contributed by atoms with van der Waals surface area (Å²) in [7, 11) is 0. The number of rotatable bonds is 8. The highest BCUT2D eigenvalue weighted by molar-refractivity contribution is 5.75. The third kappa shape index (κ3) is 4.69. The molecular formula is C26H28O2. The Kier molecular flexibility index (Phi) is 6.65. The largest absolute Gasteiger partial charge is 0.426 e. The fourth-order valence-electron chi connectivity index (χ4n) is 3.61. The minimum absolute atomic E-state index is 0.209. The molecule has 0 unspecified atom stereocenters. The Morgan fingerprint density at radius 1 is 0.821 bits per heavy atom. The molecule has 0 atom stereocenters. The predicted octanol–water partition coefficient (Wildman–Crippen LogP) is 6.33. The summed E-state index contributed by atoms with van der Waals surface area (Å²) in [5.74, 6) is 0.476. The van der Waals surface area contributed by atoms with Crippen LogP contribution in [0.15, 0.2) is 84.9 Å². The van der Waals surface area contributed by atoms with Crippen molar-refractivity contribution in [1.82, 2.24) is 0 Å². The highest BCUT2D eigenvalue weighted by Crippen LogP contribution is 2.36. The topological polar surface area (TPSA) is 26.3 Å². The van der Waals surface area contributed by atoms with Crippen LogP contribution in [-0.4, -0.2) is 5.97 Å². The van der Waals surface area contributed by atoms with E-state index in [1.54, 1.807) is 0 Å². The van der Waals surface area contributed by atoms with Crippen molar-refractivity contribution < 1.29 is 9.53 Å². The van der Waals surface area contributed by atoms with Gasteiger partial charge in [0.05, 0.1) is 6.42 Å². The van der Waals surface area contributed by atoms with Crippen molar-refractivity contribution in [3.05, 3.63) is 102 Å². The predicted molar refractivity (Wildman–Crippen MR) is 115 cm³/mol. The number of carbonyl (C=O) groups excluding carboxylic acids is 1. The van der Waals surface area contributed by atoms with Gasteiger partial charge in [0.1, 0.15) is 5.75 Å². The maximum Gasteiger partial charge on any atom is 0.312 e. The molecule has 3 aromatic carbocycles. The highest BCUT2D eigenvalue weighted by Gasteiger charge is 2.32. The first kappa shape index (κ1) is 19.9. The minimum atomic E-state index is -0.446. The molecule has 2 nitrogen and oxygen atoms in total. The summed E-state index contributed by atoms with van der Waals surface area (Å²) in [6.45, 7) is 4.28. The van der Waals surface area contributed by atoms with E-state index in [1.807, 2.05) is 60.7 Å². The van der Waals surface area contributed by atoms with Crippen molar-refractivity contribution in [2.24, 2.45) is 0 Å². The normalized spacial score (nSPS) is 11.2. The van der Waals surface area contributed by atoms with Gasteiger partial charge >= 0.3 is 5.97 Å². The van der Waals surface area contributed by atoms with Crippen molar-refractivity contribution in [1.29, 1.82) is 0 Å². The van der Waals surface area contributed by atoms with Crippen LogP contribution in [0.4, 0.5) is 0 Å². The zero-order valence-electron chi connectivity index (χ0n) is 16.7. The Bertz CT molecular complexity index is 845. The summed E-state index contributed by atoms with van der Waals surface area (Å²) >= 11 is 0. The van der Waals surface area contributed by atoms with Crippen molar-refractivity contribution in [2.45, 2.75) is 44.9 Å². The van der Waals surface area contributed by atoms with Crippen LogP contribution in [0.25, 0.3) is 0 Å². The lowest BCUT2D eigenvalue weighted by Crippen LogP contribution is -2.29. The Labute approximate surface area is 168 Å². The first-order chi connectivity index (χ1) is 13.6. The van der Waals surface area contributed by atoms with E-state index < -0.39 is 5.41 Å². The molecule has 0 bridgehead atoms. The zero-order chi connectivity index (χ0) is 19.8. The minimum Gasteiger partial charge on any atom is -0.426 e. The maximum absolute atomic E-state index is 13.0. The molecule has 0 aliphatic rings. The summed E-state index contributed by atoms with van der Waals surface area (Å²) in [5, 5.41) is 0. The summed E-state index contributed by atoms with van der Waals surface area (Å²) in [6.07, 6.45) is 3.40. The van der Waals surface area contributed by atoms with E-state index in [0.29, 0.717) is 5.75 Å². The second-order valence-electron chi connectivity index (χ2n) is 7.43. The van der Waals surface area contributed by atoms with E-state index in [0.717, 1.165) is 36.0 Å². The molecule has 28 heavy (non-hydrogen) atoms. The monoisotopic (exact) mass is 372 g/mol. The van der Waals surface area contributed by atoms with Gasteiger partial charge in [0.15, 0.2) is 0 Å². The molecular weight excluding hydrogens is 344 g/mol. The van der Waals surface area contributed by atoms with Gasteiger partial charge in [0, 0.05) is 5.41 Å². The molecule has 2 heteroatoms. The van der Waals surface area contributed by atoms with Crippen LogP contribution in [0.3, 0.4) is 0 Å². The van der Waals surface area contributed by atoms with Gasteiger partial charge in [-0.1, -0.05) is 99.1 Å². The molecule has 0 saturated heterocycles. The Morgan fingerprint density at radius 3 is 1.93 bits per heavy atom. The van der Waals surface area contributed by atoms with Gasteiger partial charge in [-0.3, -0.25) is 4.79 Å². The van der Waals surface area contributed by atoms with E-state index in [4.69, 9.17) is 4.74 Å². The van der Waals surface area contributed by atoms with Crippen LogP contribution in [0, 0.1) is 0 Å². The lowest BCUT2D eigenvalue weighted by Gasteiger charge is -2.30. The first-order valence-electron chi connectivity index (χ1n) is 10.0. The number of aryl methyl sites for hydroxylation is 1. The molecule has 3 rings (SSSR count). The van der Waals surface area contributed by atoms with Gasteiger partial charge in [-0.25, -0.2) is 0 Å². The molecule has 0 spiro atoms. The second-order valence-corrected chi connectivity index (χ2v) is 7.43. The van der Waals surface area contributed by atoms with Crippen LogP contribution in [0.5, 0.6) is 5.75 Å². The molecule has 0 N–H and O–H groups in total. The van der Waals surface area contributed by atoms with Crippen LogP contribution in [-0.2, 0) is 16.6 Å². The second kappa shape index (κ2) is 9.36. The maximum atomic E-state index is 13.0. The molecule has 0 amide bonds.